The fraction of sp³-hybridized carbons (Fsp3) is 0.244. The molecule has 4 nitrogen and oxygen atoms in total. The molecule has 0 spiro atoms. The molecule has 0 saturated carbocycles. The minimum atomic E-state index is -0.360. The van der Waals surface area contributed by atoms with Gasteiger partial charge in [-0.25, -0.2) is 4.98 Å². The molecule has 0 bridgehead atoms. The van der Waals surface area contributed by atoms with Crippen molar-refractivity contribution in [2.75, 3.05) is 0 Å². The SMILES string of the molecule is CC(C)(C)c1ccc2c(c1)c1cc(C(C)(C)C)c(-c3cccc(C(C)(C)c4cc(-c5ccccc5)ccn4)c3)nc1n2-c1ccccc1O. The molecule has 0 atom stereocenters. The van der Waals surface area contributed by atoms with Crippen molar-refractivity contribution < 1.29 is 5.11 Å². The predicted octanol–water partition coefficient (Wildman–Crippen LogP) is 11.5. The Bertz CT molecular complexity index is 2330. The summed E-state index contributed by atoms with van der Waals surface area (Å²) in [6, 6.07) is 40.1. The Balaban J connectivity index is 1.46. The zero-order chi connectivity index (χ0) is 34.7. The average Bonchev–Trinajstić information content (AvgIpc) is 3.40. The first-order chi connectivity index (χ1) is 23.2. The fourth-order valence-corrected chi connectivity index (χ4v) is 6.87. The summed E-state index contributed by atoms with van der Waals surface area (Å²) in [5.41, 5.74) is 11.0. The van der Waals surface area contributed by atoms with E-state index in [0.29, 0.717) is 5.69 Å². The van der Waals surface area contributed by atoms with Gasteiger partial charge in [0.15, 0.2) is 0 Å². The molecule has 0 aliphatic rings. The van der Waals surface area contributed by atoms with Gasteiger partial charge < -0.3 is 5.11 Å². The van der Waals surface area contributed by atoms with Crippen LogP contribution < -0.4 is 0 Å². The molecule has 7 rings (SSSR count). The maximum absolute atomic E-state index is 11.1. The van der Waals surface area contributed by atoms with Crippen LogP contribution in [0.2, 0.25) is 0 Å². The lowest BCUT2D eigenvalue weighted by molar-refractivity contribution is 0.473. The van der Waals surface area contributed by atoms with Crippen LogP contribution in [-0.2, 0) is 16.2 Å². The van der Waals surface area contributed by atoms with Crippen LogP contribution in [0.1, 0.15) is 77.8 Å². The van der Waals surface area contributed by atoms with Gasteiger partial charge in [0.05, 0.1) is 22.6 Å². The van der Waals surface area contributed by atoms with Crippen molar-refractivity contribution in [3.8, 4) is 33.8 Å². The van der Waals surface area contributed by atoms with E-state index in [4.69, 9.17) is 9.97 Å². The number of phenolic OH excluding ortho intramolecular Hbond substituents is 1. The van der Waals surface area contributed by atoms with Crippen molar-refractivity contribution in [3.05, 3.63) is 144 Å². The molecule has 1 N–H and O–H groups in total. The highest BCUT2D eigenvalue weighted by atomic mass is 16.3. The molecule has 4 heteroatoms. The van der Waals surface area contributed by atoms with Gasteiger partial charge in [0.1, 0.15) is 11.4 Å². The third kappa shape index (κ3) is 5.80. The standard InChI is InChI=1S/C45H45N3O/c1-43(2,3)32-21-22-37-34(27-32)35-28-36(44(4,5)6)41(47-42(35)48(37)38-19-12-13-20-39(38)49)31-17-14-18-33(25-31)45(7,8)40-26-30(23-24-46-40)29-15-10-9-11-16-29/h9-28,49H,1-8H3. The molecule has 4 aromatic carbocycles. The van der Waals surface area contributed by atoms with Crippen molar-refractivity contribution in [1.29, 1.82) is 0 Å². The molecule has 0 saturated heterocycles. The number of aromatic nitrogens is 3. The number of fused-ring (bicyclic) bond motifs is 3. The van der Waals surface area contributed by atoms with Crippen LogP contribution in [0.25, 0.3) is 50.0 Å². The number of aromatic hydroxyl groups is 1. The zero-order valence-corrected chi connectivity index (χ0v) is 29.8. The Kier molecular flexibility index (Phi) is 7.74. The Labute approximate surface area is 290 Å². The van der Waals surface area contributed by atoms with Gasteiger partial charge in [0.25, 0.3) is 0 Å². The van der Waals surface area contributed by atoms with Crippen LogP contribution >= 0.6 is 0 Å². The highest BCUT2D eigenvalue weighted by molar-refractivity contribution is 6.09. The molecular formula is C45H45N3O. The van der Waals surface area contributed by atoms with Gasteiger partial charge in [-0.1, -0.05) is 122 Å². The molecule has 0 aliphatic heterocycles. The normalized spacial score (nSPS) is 12.6. The fourth-order valence-electron chi connectivity index (χ4n) is 6.87. The van der Waals surface area contributed by atoms with E-state index in [0.717, 1.165) is 44.5 Å². The minimum absolute atomic E-state index is 0.0135. The van der Waals surface area contributed by atoms with Crippen LogP contribution in [-0.4, -0.2) is 19.6 Å². The van der Waals surface area contributed by atoms with Gasteiger partial charge in [-0.05, 0) is 87.2 Å². The lowest BCUT2D eigenvalue weighted by Crippen LogP contribution is -2.21. The predicted molar refractivity (Wildman–Crippen MR) is 205 cm³/mol. The molecule has 0 fully saturated rings. The highest BCUT2D eigenvalue weighted by Gasteiger charge is 2.29. The van der Waals surface area contributed by atoms with Gasteiger partial charge >= 0.3 is 0 Å². The first-order valence-electron chi connectivity index (χ1n) is 17.1. The van der Waals surface area contributed by atoms with Crippen LogP contribution in [0.5, 0.6) is 5.75 Å². The molecule has 3 heterocycles. The Morgan fingerprint density at radius 2 is 1.29 bits per heavy atom. The largest absolute Gasteiger partial charge is 0.506 e. The van der Waals surface area contributed by atoms with Gasteiger partial charge in [-0.3, -0.25) is 9.55 Å². The number of hydrogen-bond donors (Lipinski definition) is 1. The zero-order valence-electron chi connectivity index (χ0n) is 29.8. The van der Waals surface area contributed by atoms with Crippen LogP contribution in [0, 0.1) is 0 Å². The number of phenols is 1. The second-order valence-electron chi connectivity index (χ2n) is 15.8. The molecule has 7 aromatic rings. The summed E-state index contributed by atoms with van der Waals surface area (Å²) in [6.45, 7) is 18.0. The highest BCUT2D eigenvalue weighted by Crippen LogP contribution is 2.42. The van der Waals surface area contributed by atoms with Crippen LogP contribution in [0.15, 0.2) is 121 Å². The summed E-state index contributed by atoms with van der Waals surface area (Å²) < 4.78 is 2.12. The van der Waals surface area contributed by atoms with E-state index in [1.807, 2.05) is 30.5 Å². The van der Waals surface area contributed by atoms with E-state index in [1.54, 1.807) is 6.07 Å². The van der Waals surface area contributed by atoms with E-state index in [-0.39, 0.29) is 22.0 Å². The average molecular weight is 644 g/mol. The third-order valence-electron chi connectivity index (χ3n) is 9.90. The van der Waals surface area contributed by atoms with Crippen LogP contribution in [0.4, 0.5) is 0 Å². The third-order valence-corrected chi connectivity index (χ3v) is 9.90. The van der Waals surface area contributed by atoms with Crippen molar-refractivity contribution in [1.82, 2.24) is 14.5 Å². The molecule has 3 aromatic heterocycles. The summed E-state index contributed by atoms with van der Waals surface area (Å²) in [5, 5.41) is 13.3. The van der Waals surface area contributed by atoms with Gasteiger partial charge in [-0.15, -0.1) is 0 Å². The Morgan fingerprint density at radius 1 is 0.571 bits per heavy atom. The monoisotopic (exact) mass is 643 g/mol. The summed E-state index contributed by atoms with van der Waals surface area (Å²) in [5.74, 6) is 0.221. The quantitative estimate of drug-likeness (QED) is 0.203. The number of pyridine rings is 2. The van der Waals surface area contributed by atoms with E-state index < -0.39 is 0 Å². The number of nitrogens with zero attached hydrogens (tertiary/aromatic N) is 3. The maximum Gasteiger partial charge on any atom is 0.146 e. The van der Waals surface area contributed by atoms with Crippen LogP contribution in [0.3, 0.4) is 0 Å². The molecule has 0 unspecified atom stereocenters. The molecule has 0 radical (unpaired) electrons. The smallest absolute Gasteiger partial charge is 0.146 e. The van der Waals surface area contributed by atoms with Gasteiger partial charge in [0.2, 0.25) is 0 Å². The summed E-state index contributed by atoms with van der Waals surface area (Å²) in [4.78, 5) is 10.4. The number of rotatable bonds is 5. The summed E-state index contributed by atoms with van der Waals surface area (Å²) in [6.07, 6.45) is 1.92. The molecular weight excluding hydrogens is 599 g/mol. The topological polar surface area (TPSA) is 50.9 Å². The number of para-hydroxylation sites is 2. The first kappa shape index (κ1) is 32.3. The number of hydrogen-bond acceptors (Lipinski definition) is 3. The van der Waals surface area contributed by atoms with Crippen molar-refractivity contribution in [2.24, 2.45) is 0 Å². The molecule has 0 aliphatic carbocycles. The molecule has 246 valence electrons. The second kappa shape index (κ2) is 11.7. The molecule has 49 heavy (non-hydrogen) atoms. The van der Waals surface area contributed by atoms with Gasteiger partial charge in [-0.2, -0.15) is 0 Å². The number of benzene rings is 4. The Morgan fingerprint density at radius 3 is 2.00 bits per heavy atom. The summed E-state index contributed by atoms with van der Waals surface area (Å²) >= 11 is 0. The Hall–Kier alpha value is -5.22. The van der Waals surface area contributed by atoms with E-state index >= 15 is 0 Å². The van der Waals surface area contributed by atoms with Gasteiger partial charge in [0, 0.05) is 27.9 Å². The first-order valence-corrected chi connectivity index (χ1v) is 17.1. The maximum atomic E-state index is 11.1. The van der Waals surface area contributed by atoms with Crippen molar-refractivity contribution in [3.63, 3.8) is 0 Å². The lowest BCUT2D eigenvalue weighted by atomic mass is 9.78. The molecule has 0 amide bonds. The minimum Gasteiger partial charge on any atom is -0.506 e. The van der Waals surface area contributed by atoms with Crippen molar-refractivity contribution >= 4 is 21.9 Å². The lowest BCUT2D eigenvalue weighted by Gasteiger charge is -2.27. The van der Waals surface area contributed by atoms with Crippen molar-refractivity contribution in [2.45, 2.75) is 71.6 Å². The van der Waals surface area contributed by atoms with E-state index in [1.165, 1.54) is 22.3 Å². The van der Waals surface area contributed by atoms with E-state index in [9.17, 15) is 5.11 Å². The van der Waals surface area contributed by atoms with E-state index in [2.05, 4.69) is 145 Å². The second-order valence-corrected chi connectivity index (χ2v) is 15.8. The summed E-state index contributed by atoms with van der Waals surface area (Å²) in [7, 11) is 0.